The first kappa shape index (κ1) is 15.2. The summed E-state index contributed by atoms with van der Waals surface area (Å²) < 4.78 is 2.02. The van der Waals surface area contributed by atoms with Gasteiger partial charge in [0.1, 0.15) is 5.82 Å². The number of hydrogen-bond acceptors (Lipinski definition) is 4. The molecule has 5 heteroatoms. The van der Waals surface area contributed by atoms with Gasteiger partial charge >= 0.3 is 0 Å². The molecule has 1 aliphatic heterocycles. The van der Waals surface area contributed by atoms with Gasteiger partial charge in [-0.25, -0.2) is 9.97 Å². The lowest BCUT2D eigenvalue weighted by Crippen LogP contribution is -2.30. The van der Waals surface area contributed by atoms with Crippen molar-refractivity contribution in [1.29, 1.82) is 0 Å². The van der Waals surface area contributed by atoms with Crippen LogP contribution in [0.1, 0.15) is 56.7 Å². The minimum Gasteiger partial charge on any atom is -0.298 e. The van der Waals surface area contributed by atoms with Crippen LogP contribution in [0.15, 0.2) is 18.3 Å². The summed E-state index contributed by atoms with van der Waals surface area (Å²) >= 11 is 0. The highest BCUT2D eigenvalue weighted by molar-refractivity contribution is 5.55. The highest BCUT2D eigenvalue weighted by atomic mass is 15.3. The second kappa shape index (κ2) is 6.16. The van der Waals surface area contributed by atoms with Gasteiger partial charge in [0, 0.05) is 12.2 Å². The summed E-state index contributed by atoms with van der Waals surface area (Å²) in [4.78, 5) is 11.8. The van der Waals surface area contributed by atoms with E-state index < -0.39 is 0 Å². The molecule has 2 aromatic rings. The van der Waals surface area contributed by atoms with Crippen molar-refractivity contribution in [1.82, 2.24) is 24.6 Å². The molecule has 3 heterocycles. The van der Waals surface area contributed by atoms with Gasteiger partial charge in [0.05, 0.1) is 23.1 Å². The van der Waals surface area contributed by atoms with Crippen molar-refractivity contribution in [3.05, 3.63) is 29.8 Å². The third kappa shape index (κ3) is 2.90. The number of aryl methyl sites for hydroxylation is 1. The maximum absolute atomic E-state index is 4.71. The van der Waals surface area contributed by atoms with Gasteiger partial charge in [0.2, 0.25) is 0 Å². The van der Waals surface area contributed by atoms with Gasteiger partial charge < -0.3 is 0 Å². The van der Waals surface area contributed by atoms with Gasteiger partial charge in [-0.05, 0) is 59.3 Å². The second-order valence-corrected chi connectivity index (χ2v) is 6.47. The molecule has 1 aliphatic rings. The largest absolute Gasteiger partial charge is 0.298 e. The lowest BCUT2D eigenvalue weighted by atomic mass is 9.99. The third-order valence-corrected chi connectivity index (χ3v) is 4.39. The summed E-state index contributed by atoms with van der Waals surface area (Å²) in [6.45, 7) is 7.40. The van der Waals surface area contributed by atoms with Crippen molar-refractivity contribution >= 4 is 0 Å². The lowest BCUT2D eigenvalue weighted by molar-refractivity contribution is 0.183. The van der Waals surface area contributed by atoms with Gasteiger partial charge in [-0.15, -0.1) is 0 Å². The Bertz CT molecular complexity index is 646. The number of hydrogen-bond donors (Lipinski definition) is 0. The van der Waals surface area contributed by atoms with E-state index in [0.717, 1.165) is 29.5 Å². The first-order chi connectivity index (χ1) is 10.6. The Hall–Kier alpha value is -1.75. The molecule has 3 rings (SSSR count). The summed E-state index contributed by atoms with van der Waals surface area (Å²) in [5.41, 5.74) is 3.19. The van der Waals surface area contributed by atoms with E-state index in [2.05, 4.69) is 41.9 Å². The number of nitrogens with zero attached hydrogens (tertiary/aromatic N) is 5. The van der Waals surface area contributed by atoms with E-state index in [1.807, 2.05) is 23.9 Å². The van der Waals surface area contributed by atoms with Crippen molar-refractivity contribution in [3.63, 3.8) is 0 Å². The van der Waals surface area contributed by atoms with Gasteiger partial charge in [0.25, 0.3) is 0 Å². The highest BCUT2D eigenvalue weighted by Crippen LogP contribution is 2.30. The van der Waals surface area contributed by atoms with E-state index in [1.165, 1.54) is 19.3 Å². The molecule has 0 aromatic carbocycles. The molecular weight excluding hydrogens is 274 g/mol. The third-order valence-electron chi connectivity index (χ3n) is 4.39. The molecule has 0 radical (unpaired) electrons. The molecule has 0 aliphatic carbocycles. The quantitative estimate of drug-likeness (QED) is 0.871. The zero-order valence-corrected chi connectivity index (χ0v) is 14.0. The van der Waals surface area contributed by atoms with Crippen LogP contribution in [-0.2, 0) is 0 Å². The Morgan fingerprint density at radius 3 is 2.77 bits per heavy atom. The normalized spacial score (nSPS) is 19.8. The molecule has 0 spiro atoms. The van der Waals surface area contributed by atoms with Crippen LogP contribution in [0.2, 0.25) is 0 Å². The van der Waals surface area contributed by atoms with Crippen LogP contribution in [0.5, 0.6) is 0 Å². The van der Waals surface area contributed by atoms with Crippen molar-refractivity contribution in [2.24, 2.45) is 0 Å². The molecule has 0 saturated carbocycles. The molecule has 0 N–H and O–H groups in total. The van der Waals surface area contributed by atoms with Gasteiger partial charge in [-0.2, -0.15) is 5.10 Å². The number of rotatable bonds is 3. The molecule has 22 heavy (non-hydrogen) atoms. The Morgan fingerprint density at radius 1 is 1.23 bits per heavy atom. The first-order valence-electron chi connectivity index (χ1n) is 8.16. The highest BCUT2D eigenvalue weighted by Gasteiger charge is 2.23. The van der Waals surface area contributed by atoms with Crippen LogP contribution >= 0.6 is 0 Å². The SMILES string of the molecule is Cc1nc(-c2ccnn2C(C)C)cc([C@H]2CCCCN2C)n1. The standard InChI is InChI=1S/C17H25N5/c1-12(2)22-17(8-9-18-22)15-11-14(19-13(3)20-15)16-7-5-6-10-21(16)4/h8-9,11-12,16H,5-7,10H2,1-4H3/t16-/m1/s1. The Morgan fingerprint density at radius 2 is 2.05 bits per heavy atom. The van der Waals surface area contributed by atoms with E-state index in [4.69, 9.17) is 4.98 Å². The van der Waals surface area contributed by atoms with Gasteiger partial charge in [-0.3, -0.25) is 9.58 Å². The Labute approximate surface area is 132 Å². The summed E-state index contributed by atoms with van der Waals surface area (Å²) in [5.74, 6) is 0.836. The fourth-order valence-corrected chi connectivity index (χ4v) is 3.27. The smallest absolute Gasteiger partial charge is 0.126 e. The maximum atomic E-state index is 4.71. The van der Waals surface area contributed by atoms with Crippen LogP contribution < -0.4 is 0 Å². The van der Waals surface area contributed by atoms with Crippen LogP contribution in [-0.4, -0.2) is 38.2 Å². The minimum absolute atomic E-state index is 0.320. The van der Waals surface area contributed by atoms with Crippen LogP contribution in [0.3, 0.4) is 0 Å². The molecular formula is C17H25N5. The topological polar surface area (TPSA) is 46.8 Å². The van der Waals surface area contributed by atoms with Crippen LogP contribution in [0.25, 0.3) is 11.4 Å². The second-order valence-electron chi connectivity index (χ2n) is 6.47. The minimum atomic E-state index is 0.320. The van der Waals surface area contributed by atoms with Crippen molar-refractivity contribution in [2.75, 3.05) is 13.6 Å². The molecule has 118 valence electrons. The summed E-state index contributed by atoms with van der Waals surface area (Å²) in [7, 11) is 2.19. The zero-order chi connectivity index (χ0) is 15.7. The number of piperidine rings is 1. The van der Waals surface area contributed by atoms with Crippen molar-refractivity contribution < 1.29 is 0 Å². The molecule has 1 fully saturated rings. The predicted molar refractivity (Wildman–Crippen MR) is 87.6 cm³/mol. The molecule has 0 amide bonds. The zero-order valence-electron chi connectivity index (χ0n) is 14.0. The van der Waals surface area contributed by atoms with E-state index >= 15 is 0 Å². The fraction of sp³-hybridized carbons (Fsp3) is 0.588. The monoisotopic (exact) mass is 299 g/mol. The number of aromatic nitrogens is 4. The number of likely N-dealkylation sites (tertiary alicyclic amines) is 1. The molecule has 2 aromatic heterocycles. The van der Waals surface area contributed by atoms with Gasteiger partial charge in [-0.1, -0.05) is 6.42 Å². The molecule has 5 nitrogen and oxygen atoms in total. The van der Waals surface area contributed by atoms with Crippen molar-refractivity contribution in [3.8, 4) is 11.4 Å². The average Bonchev–Trinajstić information content (AvgIpc) is 2.96. The Kier molecular flexibility index (Phi) is 4.25. The molecule has 1 atom stereocenters. The summed E-state index contributed by atoms with van der Waals surface area (Å²) in [6.07, 6.45) is 5.58. The van der Waals surface area contributed by atoms with E-state index in [0.29, 0.717) is 12.1 Å². The van der Waals surface area contributed by atoms with Crippen molar-refractivity contribution in [2.45, 2.75) is 52.1 Å². The fourth-order valence-electron chi connectivity index (χ4n) is 3.27. The average molecular weight is 299 g/mol. The van der Waals surface area contributed by atoms with E-state index in [1.54, 1.807) is 0 Å². The molecule has 0 unspecified atom stereocenters. The summed E-state index contributed by atoms with van der Waals surface area (Å²) in [5, 5.41) is 4.42. The van der Waals surface area contributed by atoms with Crippen LogP contribution in [0, 0.1) is 6.92 Å². The molecule has 0 bridgehead atoms. The Balaban J connectivity index is 2.01. The first-order valence-corrected chi connectivity index (χ1v) is 8.16. The van der Waals surface area contributed by atoms with E-state index in [9.17, 15) is 0 Å². The van der Waals surface area contributed by atoms with Gasteiger partial charge in [0.15, 0.2) is 0 Å². The van der Waals surface area contributed by atoms with Crippen LogP contribution in [0.4, 0.5) is 0 Å². The summed E-state index contributed by atoms with van der Waals surface area (Å²) in [6, 6.07) is 4.91. The predicted octanol–water partition coefficient (Wildman–Crippen LogP) is 3.39. The van der Waals surface area contributed by atoms with E-state index in [-0.39, 0.29) is 0 Å². The maximum Gasteiger partial charge on any atom is 0.126 e. The lowest BCUT2D eigenvalue weighted by Gasteiger charge is -2.32. The molecule has 1 saturated heterocycles.